The van der Waals surface area contributed by atoms with Crippen LogP contribution in [0, 0.1) is 5.92 Å². The van der Waals surface area contributed by atoms with E-state index in [4.69, 9.17) is 42.3 Å². The van der Waals surface area contributed by atoms with Crippen molar-refractivity contribution in [3.8, 4) is 5.75 Å². The summed E-state index contributed by atoms with van der Waals surface area (Å²) in [5, 5.41) is 20.2. The van der Waals surface area contributed by atoms with Gasteiger partial charge in [0.2, 0.25) is 0 Å². The summed E-state index contributed by atoms with van der Waals surface area (Å²) < 4.78 is 37.1. The number of aliphatic hydroxyl groups is 1. The number of carbonyl (C=O) groups is 1. The fourth-order valence-electron chi connectivity index (χ4n) is 3.48. The quantitative estimate of drug-likeness (QED) is 0.302. The van der Waals surface area contributed by atoms with Crippen molar-refractivity contribution in [2.75, 3.05) is 13.2 Å². The highest BCUT2D eigenvalue weighted by molar-refractivity contribution is 7.33. The first kappa shape index (κ1) is 28.2. The van der Waals surface area contributed by atoms with Crippen LogP contribution in [0.2, 0.25) is 10.0 Å². The molecule has 196 valence electrons. The number of halogens is 3. The van der Waals surface area contributed by atoms with Crippen LogP contribution in [0.3, 0.4) is 0 Å². The number of ether oxygens (including phenoxy) is 2. The van der Waals surface area contributed by atoms with Crippen LogP contribution in [0.1, 0.15) is 20.3 Å². The molecule has 1 aromatic carbocycles. The lowest BCUT2D eigenvalue weighted by Gasteiger charge is -2.43. The van der Waals surface area contributed by atoms with Crippen molar-refractivity contribution in [3.05, 3.63) is 61.3 Å². The first-order valence-corrected chi connectivity index (χ1v) is 12.2. The SMILES string of the molecule is C[C@@H](CN=[P+]([O-])O[C@](C)(O)[C@]1(F)OCC[C@@]1(Oc1ccc(Cl)c(Cl)c1)n1ccc(=O)[nH]c1=O)C(=O)O. The monoisotopic (exact) mass is 567 g/mol. The number of benzene rings is 1. The summed E-state index contributed by atoms with van der Waals surface area (Å²) in [5.74, 6) is -8.88. The van der Waals surface area contributed by atoms with Crippen LogP contribution < -0.4 is 20.9 Å². The zero-order chi connectivity index (χ0) is 26.9. The maximum absolute atomic E-state index is 16.8. The lowest BCUT2D eigenvalue weighted by atomic mass is 9.95. The largest absolute Gasteiger partial charge is 0.583 e. The highest BCUT2D eigenvalue weighted by Gasteiger charge is 2.73. The molecule has 36 heavy (non-hydrogen) atoms. The van der Waals surface area contributed by atoms with E-state index in [-0.39, 0.29) is 15.8 Å². The highest BCUT2D eigenvalue weighted by atomic mass is 35.5. The molecule has 5 atom stereocenters. The second kappa shape index (κ2) is 10.5. The number of alkyl halides is 1. The van der Waals surface area contributed by atoms with Gasteiger partial charge in [-0.25, -0.2) is 4.79 Å². The Hall–Kier alpha value is -2.38. The van der Waals surface area contributed by atoms with Gasteiger partial charge in [0.25, 0.3) is 17.1 Å². The van der Waals surface area contributed by atoms with Crippen molar-refractivity contribution in [2.24, 2.45) is 10.7 Å². The molecule has 1 fully saturated rings. The third kappa shape index (κ3) is 5.32. The number of aromatic nitrogens is 2. The number of carboxylic acids is 1. The van der Waals surface area contributed by atoms with Gasteiger partial charge in [-0.2, -0.15) is 4.39 Å². The minimum atomic E-state index is -3.44. The molecule has 1 unspecified atom stereocenters. The van der Waals surface area contributed by atoms with Gasteiger partial charge in [-0.1, -0.05) is 27.9 Å². The topological polar surface area (TPSA) is 175 Å². The van der Waals surface area contributed by atoms with E-state index >= 15 is 4.39 Å². The first-order valence-electron chi connectivity index (χ1n) is 10.3. The van der Waals surface area contributed by atoms with Gasteiger partial charge in [-0.05, 0) is 19.1 Å². The van der Waals surface area contributed by atoms with Crippen molar-refractivity contribution >= 4 is 37.3 Å². The summed E-state index contributed by atoms with van der Waals surface area (Å²) in [5.41, 5.74) is -4.43. The van der Waals surface area contributed by atoms with Crippen molar-refractivity contribution in [3.63, 3.8) is 0 Å². The highest BCUT2D eigenvalue weighted by Crippen LogP contribution is 2.52. The molecule has 3 rings (SSSR count). The molecule has 1 aliphatic heterocycles. The second-order valence-corrected chi connectivity index (χ2v) is 9.77. The van der Waals surface area contributed by atoms with Crippen molar-refractivity contribution in [1.29, 1.82) is 0 Å². The maximum Gasteiger partial charge on any atom is 0.344 e. The minimum absolute atomic E-state index is 0.0268. The lowest BCUT2D eigenvalue weighted by molar-refractivity contribution is -0.368. The summed E-state index contributed by atoms with van der Waals surface area (Å²) in [4.78, 5) is 49.7. The molecular formula is C20H21Cl2FN3O9P. The predicted molar refractivity (Wildman–Crippen MR) is 124 cm³/mol. The molecule has 1 aromatic heterocycles. The van der Waals surface area contributed by atoms with Gasteiger partial charge >= 0.3 is 25.7 Å². The fraction of sp³-hybridized carbons (Fsp3) is 0.450. The first-order chi connectivity index (χ1) is 16.7. The van der Waals surface area contributed by atoms with Crippen LogP contribution in [0.15, 0.2) is 44.8 Å². The van der Waals surface area contributed by atoms with Gasteiger partial charge in [0.1, 0.15) is 5.75 Å². The smallest absolute Gasteiger partial charge is 0.344 e. The standard InChI is InChI=1S/C20H21Cl2FN3O9P/c1-11(16(28)29)10-24-36(32)35-18(2,31)20(23)19(6-8-33-20,26-7-5-15(27)25-17(26)30)34-12-3-4-13(21)14(22)9-12/h3-5,7,9,11,31H,6,8,10H2,1-2H3,(H,28,29)(H,25,27,30)/t11-,18-,19-,20-/m0/s1. The molecule has 16 heteroatoms. The molecule has 1 saturated heterocycles. The Balaban J connectivity index is 2.12. The Morgan fingerprint density at radius 3 is 2.72 bits per heavy atom. The van der Waals surface area contributed by atoms with E-state index in [0.29, 0.717) is 4.57 Å². The van der Waals surface area contributed by atoms with Gasteiger partial charge in [0.05, 0.1) is 29.1 Å². The Morgan fingerprint density at radius 1 is 1.42 bits per heavy atom. The van der Waals surface area contributed by atoms with E-state index in [1.807, 2.05) is 4.98 Å². The molecule has 2 aromatic rings. The number of carboxylic acid groups (broad SMARTS) is 1. The van der Waals surface area contributed by atoms with Crippen molar-refractivity contribution in [1.82, 2.24) is 9.55 Å². The summed E-state index contributed by atoms with van der Waals surface area (Å²) >= 11 is 12.0. The Labute approximate surface area is 213 Å². The zero-order valence-electron chi connectivity index (χ0n) is 18.8. The molecule has 12 nitrogen and oxygen atoms in total. The van der Waals surface area contributed by atoms with Gasteiger partial charge in [0, 0.05) is 31.7 Å². The number of nitrogens with zero attached hydrogens (tertiary/aromatic N) is 2. The normalized spacial score (nSPS) is 24.8. The van der Waals surface area contributed by atoms with E-state index in [0.717, 1.165) is 19.2 Å². The Morgan fingerprint density at radius 2 is 2.11 bits per heavy atom. The van der Waals surface area contributed by atoms with E-state index in [9.17, 15) is 24.4 Å². The average molecular weight is 568 g/mol. The molecule has 3 N–H and O–H groups in total. The van der Waals surface area contributed by atoms with Crippen LogP contribution in [0.5, 0.6) is 5.75 Å². The van der Waals surface area contributed by atoms with Crippen LogP contribution >= 0.6 is 31.4 Å². The number of nitrogens with one attached hydrogen (secondary N) is 1. The van der Waals surface area contributed by atoms with E-state index in [1.54, 1.807) is 0 Å². The summed E-state index contributed by atoms with van der Waals surface area (Å²) in [7, 11) is -3.16. The number of aliphatic carboxylic acids is 1. The molecule has 0 aliphatic carbocycles. The van der Waals surface area contributed by atoms with E-state index in [2.05, 4.69) is 4.74 Å². The summed E-state index contributed by atoms with van der Waals surface area (Å²) in [6.07, 6.45) is 0.524. The number of rotatable bonds is 9. The Kier molecular flexibility index (Phi) is 8.26. The van der Waals surface area contributed by atoms with Gasteiger partial charge in [-0.3, -0.25) is 19.1 Å². The molecular weight excluding hydrogens is 547 g/mol. The summed E-state index contributed by atoms with van der Waals surface area (Å²) in [6, 6.07) is 4.79. The van der Waals surface area contributed by atoms with Crippen molar-refractivity contribution in [2.45, 2.75) is 37.6 Å². The third-order valence-corrected chi connectivity index (χ3v) is 7.03. The van der Waals surface area contributed by atoms with Gasteiger partial charge < -0.3 is 24.6 Å². The second-order valence-electron chi connectivity index (χ2n) is 8.01. The lowest BCUT2D eigenvalue weighted by Crippen LogP contribution is -2.67. The van der Waals surface area contributed by atoms with E-state index in [1.165, 1.54) is 25.1 Å². The molecule has 0 radical (unpaired) electrons. The van der Waals surface area contributed by atoms with Crippen LogP contribution in [0.25, 0.3) is 0 Å². The number of hydrogen-bond donors (Lipinski definition) is 3. The number of hydrogen-bond acceptors (Lipinski definition) is 9. The molecule has 2 heterocycles. The predicted octanol–water partition coefficient (Wildman–Crippen LogP) is 1.96. The van der Waals surface area contributed by atoms with Gasteiger partial charge in [-0.15, -0.1) is 4.52 Å². The number of H-pyrrole nitrogens is 1. The fourth-order valence-corrected chi connectivity index (χ4v) is 4.63. The van der Waals surface area contributed by atoms with Crippen LogP contribution in [-0.4, -0.2) is 50.5 Å². The van der Waals surface area contributed by atoms with Gasteiger partial charge in [0.15, 0.2) is 0 Å². The molecule has 0 amide bonds. The third-order valence-electron chi connectivity index (χ3n) is 5.38. The summed E-state index contributed by atoms with van der Waals surface area (Å²) in [6.45, 7) is 1.19. The average Bonchev–Trinajstić information content (AvgIpc) is 3.12. The zero-order valence-corrected chi connectivity index (χ0v) is 21.2. The molecule has 1 aliphatic rings. The molecule has 0 saturated carbocycles. The minimum Gasteiger partial charge on any atom is -0.583 e. The molecule has 0 bridgehead atoms. The molecule has 0 spiro atoms. The van der Waals surface area contributed by atoms with Crippen LogP contribution in [0.4, 0.5) is 4.39 Å². The number of aromatic amines is 1. The van der Waals surface area contributed by atoms with Crippen LogP contribution in [-0.2, 0) is 19.8 Å². The van der Waals surface area contributed by atoms with E-state index < -0.39 is 68.2 Å². The maximum atomic E-state index is 16.8. The van der Waals surface area contributed by atoms with Crippen molar-refractivity contribution < 1.29 is 38.3 Å². The Bertz CT molecular complexity index is 1300.